The van der Waals surface area contributed by atoms with Crippen molar-refractivity contribution < 1.29 is 13.2 Å². The van der Waals surface area contributed by atoms with Crippen molar-refractivity contribution in [2.24, 2.45) is 10.7 Å². The number of halogens is 3. The Morgan fingerprint density at radius 3 is 2.90 bits per heavy atom. The highest BCUT2D eigenvalue weighted by molar-refractivity contribution is 5.91. The highest BCUT2D eigenvalue weighted by Gasteiger charge is 2.26. The molecule has 1 aromatic heterocycles. The fourth-order valence-corrected chi connectivity index (χ4v) is 1.38. The molecule has 0 atom stereocenters. The molecule has 0 radical (unpaired) electrons. The van der Waals surface area contributed by atoms with Gasteiger partial charge in [0.1, 0.15) is 6.54 Å². The summed E-state index contributed by atoms with van der Waals surface area (Å²) in [6.07, 6.45) is -0.651. The number of unbranched alkanes of at least 4 members (excludes halogenated alkanes) is 2. The summed E-state index contributed by atoms with van der Waals surface area (Å²) in [5, 5.41) is 14.9. The Bertz CT molecular complexity index is 485. The van der Waals surface area contributed by atoms with Crippen molar-refractivity contribution in [1.82, 2.24) is 9.78 Å². The van der Waals surface area contributed by atoms with Gasteiger partial charge in [-0.25, -0.2) is 4.99 Å². The smallest absolute Gasteiger partial charge is 0.370 e. The SMILES string of the molecule is N#CCCCCn1ccc(NC(N)=NCC(F)(F)F)n1. The highest BCUT2D eigenvalue weighted by Crippen LogP contribution is 2.14. The lowest BCUT2D eigenvalue weighted by atomic mass is 10.2. The lowest BCUT2D eigenvalue weighted by Crippen LogP contribution is -2.25. The first-order valence-corrected chi connectivity index (χ1v) is 5.95. The molecule has 3 N–H and O–H groups in total. The number of anilines is 1. The van der Waals surface area contributed by atoms with Crippen molar-refractivity contribution in [2.75, 3.05) is 11.9 Å². The van der Waals surface area contributed by atoms with E-state index in [2.05, 4.69) is 15.4 Å². The van der Waals surface area contributed by atoms with Crippen LogP contribution >= 0.6 is 0 Å². The molecule has 0 amide bonds. The molecule has 1 rings (SSSR count). The van der Waals surface area contributed by atoms with Crippen LogP contribution in [0.5, 0.6) is 0 Å². The third-order valence-electron chi connectivity index (χ3n) is 2.25. The topological polar surface area (TPSA) is 92.0 Å². The van der Waals surface area contributed by atoms with Crippen molar-refractivity contribution in [1.29, 1.82) is 5.26 Å². The van der Waals surface area contributed by atoms with Crippen molar-refractivity contribution in [3.63, 3.8) is 0 Å². The standard InChI is InChI=1S/C11H15F3N6/c12-11(13,14)8-17-10(16)18-9-4-7-20(19-9)6-3-1-2-5-15/h4,7H,1-3,6,8H2,(H3,16,17,18,19). The van der Waals surface area contributed by atoms with Crippen LogP contribution in [0.1, 0.15) is 19.3 Å². The Labute approximate surface area is 114 Å². The molecule has 1 heterocycles. The van der Waals surface area contributed by atoms with Crippen LogP contribution in [0.15, 0.2) is 17.3 Å². The van der Waals surface area contributed by atoms with Gasteiger partial charge in [0.25, 0.3) is 0 Å². The molecule has 20 heavy (non-hydrogen) atoms. The number of hydrogen-bond acceptors (Lipinski definition) is 3. The van der Waals surface area contributed by atoms with Gasteiger partial charge in [-0.2, -0.15) is 23.5 Å². The van der Waals surface area contributed by atoms with E-state index in [1.165, 1.54) is 0 Å². The number of rotatable bonds is 6. The Balaban J connectivity index is 2.41. The summed E-state index contributed by atoms with van der Waals surface area (Å²) in [4.78, 5) is 3.16. The summed E-state index contributed by atoms with van der Waals surface area (Å²) in [6.45, 7) is -0.705. The average molecular weight is 288 g/mol. The number of guanidine groups is 1. The van der Waals surface area contributed by atoms with Crippen LogP contribution in [0.3, 0.4) is 0 Å². The molecular formula is C11H15F3N6. The van der Waals surface area contributed by atoms with E-state index in [0.717, 1.165) is 12.8 Å². The van der Waals surface area contributed by atoms with Crippen molar-refractivity contribution in [3.05, 3.63) is 12.3 Å². The summed E-state index contributed by atoms with van der Waals surface area (Å²) in [5.41, 5.74) is 5.32. The molecule has 0 aliphatic rings. The molecule has 0 fully saturated rings. The summed E-state index contributed by atoms with van der Waals surface area (Å²) in [7, 11) is 0. The van der Waals surface area contributed by atoms with Crippen molar-refractivity contribution in [3.8, 4) is 6.07 Å². The first-order chi connectivity index (χ1) is 9.40. The van der Waals surface area contributed by atoms with Gasteiger partial charge in [0.05, 0.1) is 6.07 Å². The van der Waals surface area contributed by atoms with Gasteiger partial charge in [-0.15, -0.1) is 0 Å². The number of nitrogens with two attached hydrogens (primary N) is 1. The van der Waals surface area contributed by atoms with E-state index >= 15 is 0 Å². The third kappa shape index (κ3) is 6.63. The highest BCUT2D eigenvalue weighted by atomic mass is 19.4. The van der Waals surface area contributed by atoms with Gasteiger partial charge >= 0.3 is 6.18 Å². The number of nitriles is 1. The van der Waals surface area contributed by atoms with Gasteiger partial charge in [-0.05, 0) is 12.8 Å². The minimum Gasteiger partial charge on any atom is -0.370 e. The molecular weight excluding hydrogens is 273 g/mol. The number of aliphatic imine (C=N–C) groups is 1. The monoisotopic (exact) mass is 288 g/mol. The van der Waals surface area contributed by atoms with Gasteiger partial charge in [-0.3, -0.25) is 4.68 Å². The van der Waals surface area contributed by atoms with E-state index in [-0.39, 0.29) is 5.96 Å². The Kier molecular flexibility index (Phi) is 5.83. The van der Waals surface area contributed by atoms with Gasteiger partial charge in [0, 0.05) is 25.2 Å². The van der Waals surface area contributed by atoms with Gasteiger partial charge < -0.3 is 11.1 Å². The summed E-state index contributed by atoms with van der Waals surface area (Å²) >= 11 is 0. The van der Waals surface area contributed by atoms with E-state index in [0.29, 0.717) is 18.8 Å². The molecule has 1 aromatic rings. The minimum absolute atomic E-state index is 0.328. The zero-order valence-corrected chi connectivity index (χ0v) is 10.7. The zero-order chi connectivity index (χ0) is 15.0. The van der Waals surface area contributed by atoms with E-state index in [9.17, 15) is 13.2 Å². The number of aromatic nitrogens is 2. The Morgan fingerprint density at radius 2 is 2.25 bits per heavy atom. The van der Waals surface area contributed by atoms with Crippen LogP contribution in [0.4, 0.5) is 19.0 Å². The normalized spacial score (nSPS) is 12.2. The number of hydrogen-bond donors (Lipinski definition) is 2. The van der Waals surface area contributed by atoms with E-state index in [1.54, 1.807) is 16.9 Å². The largest absolute Gasteiger partial charge is 0.408 e. The summed E-state index contributed by atoms with van der Waals surface area (Å²) < 4.78 is 37.4. The van der Waals surface area contributed by atoms with Crippen molar-refractivity contribution >= 4 is 11.8 Å². The quantitative estimate of drug-likeness (QED) is 0.475. The molecule has 6 nitrogen and oxygen atoms in total. The molecule has 0 unspecified atom stereocenters. The number of aryl methyl sites for hydroxylation is 1. The number of alkyl halides is 3. The fraction of sp³-hybridized carbons (Fsp3) is 0.545. The van der Waals surface area contributed by atoms with E-state index in [1.807, 2.05) is 6.07 Å². The van der Waals surface area contributed by atoms with Crippen LogP contribution in [-0.2, 0) is 6.54 Å². The molecule has 0 spiro atoms. The maximum Gasteiger partial charge on any atom is 0.408 e. The average Bonchev–Trinajstić information content (AvgIpc) is 2.79. The second kappa shape index (κ2) is 7.37. The summed E-state index contributed by atoms with van der Waals surface area (Å²) in [5.74, 6) is -0.00855. The maximum absolute atomic E-state index is 11.9. The van der Waals surface area contributed by atoms with Crippen LogP contribution in [0.25, 0.3) is 0 Å². The second-order valence-corrected chi connectivity index (χ2v) is 4.02. The fourth-order valence-electron chi connectivity index (χ4n) is 1.38. The lowest BCUT2D eigenvalue weighted by Gasteiger charge is -2.04. The van der Waals surface area contributed by atoms with E-state index in [4.69, 9.17) is 11.0 Å². The molecule has 0 aromatic carbocycles. The predicted molar refractivity (Wildman–Crippen MR) is 67.9 cm³/mol. The Hall–Kier alpha value is -2.24. The molecule has 0 aliphatic heterocycles. The maximum atomic E-state index is 11.9. The van der Waals surface area contributed by atoms with Crippen LogP contribution in [0, 0.1) is 11.3 Å². The van der Waals surface area contributed by atoms with Crippen LogP contribution in [0.2, 0.25) is 0 Å². The third-order valence-corrected chi connectivity index (χ3v) is 2.25. The van der Waals surface area contributed by atoms with Crippen LogP contribution < -0.4 is 11.1 Å². The van der Waals surface area contributed by atoms with Gasteiger partial charge in [0.15, 0.2) is 11.8 Å². The number of nitrogens with zero attached hydrogens (tertiary/aromatic N) is 4. The molecule has 0 bridgehead atoms. The molecule has 0 saturated heterocycles. The minimum atomic E-state index is -4.38. The lowest BCUT2D eigenvalue weighted by molar-refractivity contribution is -0.118. The predicted octanol–water partition coefficient (Wildman–Crippen LogP) is 1.87. The van der Waals surface area contributed by atoms with Crippen LogP contribution in [-0.4, -0.2) is 28.5 Å². The Morgan fingerprint density at radius 1 is 1.50 bits per heavy atom. The summed E-state index contributed by atoms with van der Waals surface area (Å²) in [6, 6.07) is 3.63. The first-order valence-electron chi connectivity index (χ1n) is 5.95. The molecule has 9 heteroatoms. The molecule has 0 saturated carbocycles. The van der Waals surface area contributed by atoms with Gasteiger partial charge in [-0.1, -0.05) is 0 Å². The van der Waals surface area contributed by atoms with E-state index < -0.39 is 12.7 Å². The molecule has 110 valence electrons. The zero-order valence-electron chi connectivity index (χ0n) is 10.7. The van der Waals surface area contributed by atoms with Crippen molar-refractivity contribution in [2.45, 2.75) is 32.0 Å². The second-order valence-electron chi connectivity index (χ2n) is 4.02. The van der Waals surface area contributed by atoms with Gasteiger partial charge in [0.2, 0.25) is 0 Å². The molecule has 0 aliphatic carbocycles. The number of nitrogens with one attached hydrogen (secondary N) is 1. The first kappa shape index (κ1) is 15.8.